The number of hydrogen-bond acceptors (Lipinski definition) is 2. The molecule has 3 nitrogen and oxygen atoms in total. The Morgan fingerprint density at radius 1 is 1.29 bits per heavy atom. The molecule has 5 heteroatoms. The first-order chi connectivity index (χ1) is 10.1. The Hall–Kier alpha value is -1.88. The molecule has 0 amide bonds. The van der Waals surface area contributed by atoms with Gasteiger partial charge in [0, 0.05) is 16.7 Å². The molecule has 0 spiro atoms. The molecule has 0 saturated carbocycles. The Balaban J connectivity index is 2.33. The molecule has 0 atom stereocenters. The van der Waals surface area contributed by atoms with Gasteiger partial charge < -0.3 is 10.3 Å². The van der Waals surface area contributed by atoms with Crippen LogP contribution in [0.4, 0.5) is 10.1 Å². The molecule has 2 N–H and O–H groups in total. The van der Waals surface area contributed by atoms with Crippen molar-refractivity contribution in [2.75, 3.05) is 5.73 Å². The highest BCUT2D eigenvalue weighted by Crippen LogP contribution is 2.32. The summed E-state index contributed by atoms with van der Waals surface area (Å²) in [5.74, 6) is 0.238. The normalized spacial score (nSPS) is 11.2. The molecule has 0 aliphatic heterocycles. The molecule has 0 radical (unpaired) electrons. The minimum absolute atomic E-state index is 0.346. The molecule has 1 heterocycles. The lowest BCUT2D eigenvalue weighted by Gasteiger charge is -2.10. The number of hydrogen-bond donors (Lipinski definition) is 1. The number of nitrogens with two attached hydrogens (primary N) is 1. The average molecular weight is 348 g/mol. The van der Waals surface area contributed by atoms with Crippen molar-refractivity contribution >= 4 is 32.7 Å². The second-order valence-electron chi connectivity index (χ2n) is 4.92. The third-order valence-electron chi connectivity index (χ3n) is 3.43. The molecular weight excluding hydrogens is 333 g/mol. The maximum absolute atomic E-state index is 14.2. The first kappa shape index (κ1) is 14.1. The molecular formula is C16H15BrFN3. The molecule has 0 saturated heterocycles. The number of rotatable bonds is 3. The monoisotopic (exact) mass is 347 g/mol. The van der Waals surface area contributed by atoms with Crippen molar-refractivity contribution in [1.82, 2.24) is 9.55 Å². The summed E-state index contributed by atoms with van der Waals surface area (Å²) in [7, 11) is 0. The van der Waals surface area contributed by atoms with Crippen molar-refractivity contribution in [2.24, 2.45) is 0 Å². The summed E-state index contributed by atoms with van der Waals surface area (Å²) in [5.41, 5.74) is 8.56. The molecule has 1 aromatic heterocycles. The van der Waals surface area contributed by atoms with Crippen LogP contribution in [0.25, 0.3) is 22.4 Å². The lowest BCUT2D eigenvalue weighted by atomic mass is 10.1. The summed E-state index contributed by atoms with van der Waals surface area (Å²) in [5, 5.41) is 0. The minimum atomic E-state index is -0.346. The quantitative estimate of drug-likeness (QED) is 0.703. The molecule has 0 fully saturated rings. The van der Waals surface area contributed by atoms with Crippen molar-refractivity contribution in [2.45, 2.75) is 19.9 Å². The van der Waals surface area contributed by atoms with Gasteiger partial charge in [0.2, 0.25) is 0 Å². The third kappa shape index (κ3) is 2.42. The maximum Gasteiger partial charge on any atom is 0.146 e. The highest BCUT2D eigenvalue weighted by Gasteiger charge is 2.17. The van der Waals surface area contributed by atoms with Crippen molar-refractivity contribution in [3.63, 3.8) is 0 Å². The van der Waals surface area contributed by atoms with Gasteiger partial charge in [-0.25, -0.2) is 9.37 Å². The second kappa shape index (κ2) is 5.48. The van der Waals surface area contributed by atoms with Gasteiger partial charge in [0.1, 0.15) is 11.6 Å². The first-order valence-corrected chi connectivity index (χ1v) is 7.61. The fourth-order valence-electron chi connectivity index (χ4n) is 2.52. The fraction of sp³-hybridized carbons (Fsp3) is 0.188. The van der Waals surface area contributed by atoms with E-state index < -0.39 is 0 Å². The lowest BCUT2D eigenvalue weighted by Crippen LogP contribution is -2.03. The van der Waals surface area contributed by atoms with Gasteiger partial charge in [-0.3, -0.25) is 0 Å². The number of anilines is 1. The van der Waals surface area contributed by atoms with Crippen LogP contribution in [0.1, 0.15) is 13.3 Å². The van der Waals surface area contributed by atoms with Crippen LogP contribution in [0.15, 0.2) is 40.9 Å². The summed E-state index contributed by atoms with van der Waals surface area (Å²) in [4.78, 5) is 4.60. The van der Waals surface area contributed by atoms with Gasteiger partial charge in [-0.1, -0.05) is 28.9 Å². The predicted molar refractivity (Wildman–Crippen MR) is 87.5 cm³/mol. The molecule has 3 rings (SSSR count). The summed E-state index contributed by atoms with van der Waals surface area (Å²) >= 11 is 3.44. The van der Waals surface area contributed by atoms with Gasteiger partial charge in [0.25, 0.3) is 0 Å². The van der Waals surface area contributed by atoms with E-state index in [0.29, 0.717) is 17.1 Å². The minimum Gasteiger partial charge on any atom is -0.398 e. The number of fused-ring (bicyclic) bond motifs is 1. The fourth-order valence-corrected chi connectivity index (χ4v) is 2.87. The Morgan fingerprint density at radius 2 is 2.10 bits per heavy atom. The smallest absolute Gasteiger partial charge is 0.146 e. The van der Waals surface area contributed by atoms with Crippen LogP contribution in [-0.2, 0) is 6.54 Å². The van der Waals surface area contributed by atoms with Gasteiger partial charge >= 0.3 is 0 Å². The van der Waals surface area contributed by atoms with E-state index in [-0.39, 0.29) is 5.82 Å². The maximum atomic E-state index is 14.2. The molecule has 0 unspecified atom stereocenters. The van der Waals surface area contributed by atoms with Gasteiger partial charge in [0.05, 0.1) is 16.6 Å². The number of halogens is 2. The topological polar surface area (TPSA) is 43.8 Å². The van der Waals surface area contributed by atoms with E-state index in [4.69, 9.17) is 5.73 Å². The molecule has 108 valence electrons. The highest BCUT2D eigenvalue weighted by atomic mass is 79.9. The zero-order valence-electron chi connectivity index (χ0n) is 11.6. The van der Waals surface area contributed by atoms with Crippen molar-refractivity contribution in [3.05, 3.63) is 46.7 Å². The van der Waals surface area contributed by atoms with Crippen LogP contribution < -0.4 is 5.73 Å². The van der Waals surface area contributed by atoms with E-state index in [1.165, 1.54) is 6.07 Å². The van der Waals surface area contributed by atoms with E-state index in [1.807, 2.05) is 22.8 Å². The molecule has 0 aliphatic carbocycles. The van der Waals surface area contributed by atoms with Gasteiger partial charge in [-0.15, -0.1) is 0 Å². The van der Waals surface area contributed by atoms with Crippen LogP contribution >= 0.6 is 15.9 Å². The van der Waals surface area contributed by atoms with Gasteiger partial charge in [0.15, 0.2) is 0 Å². The number of imidazole rings is 1. The first-order valence-electron chi connectivity index (χ1n) is 6.82. The standard InChI is InChI=1S/C16H15BrFN3/c1-2-8-21-14-7-6-10(17)9-13(14)20-16(21)15-11(18)4-3-5-12(15)19/h3-7,9H,2,8,19H2,1H3. The van der Waals surface area contributed by atoms with Crippen LogP contribution in [0.2, 0.25) is 0 Å². The Morgan fingerprint density at radius 3 is 2.81 bits per heavy atom. The Labute approximate surface area is 130 Å². The number of benzene rings is 2. The predicted octanol–water partition coefficient (Wildman–Crippen LogP) is 4.60. The van der Waals surface area contributed by atoms with E-state index in [1.54, 1.807) is 12.1 Å². The summed E-state index contributed by atoms with van der Waals surface area (Å²) < 4.78 is 17.2. The average Bonchev–Trinajstić information content (AvgIpc) is 2.77. The zero-order chi connectivity index (χ0) is 15.0. The van der Waals surface area contributed by atoms with Crippen molar-refractivity contribution < 1.29 is 4.39 Å². The number of aromatic nitrogens is 2. The van der Waals surface area contributed by atoms with Gasteiger partial charge in [-0.05, 0) is 36.8 Å². The largest absolute Gasteiger partial charge is 0.398 e. The van der Waals surface area contributed by atoms with Gasteiger partial charge in [-0.2, -0.15) is 0 Å². The van der Waals surface area contributed by atoms with Crippen molar-refractivity contribution in [1.29, 1.82) is 0 Å². The van der Waals surface area contributed by atoms with E-state index in [0.717, 1.165) is 28.5 Å². The van der Waals surface area contributed by atoms with Crippen LogP contribution in [0.3, 0.4) is 0 Å². The summed E-state index contributed by atoms with van der Waals surface area (Å²) in [6.45, 7) is 2.85. The Bertz CT molecular complexity index is 790. The zero-order valence-corrected chi connectivity index (χ0v) is 13.2. The SMILES string of the molecule is CCCn1c(-c2c(N)cccc2F)nc2cc(Br)ccc21. The van der Waals surface area contributed by atoms with Crippen LogP contribution in [0.5, 0.6) is 0 Å². The number of aryl methyl sites for hydroxylation is 1. The summed E-state index contributed by atoms with van der Waals surface area (Å²) in [6.07, 6.45) is 0.933. The van der Waals surface area contributed by atoms with Crippen molar-refractivity contribution in [3.8, 4) is 11.4 Å². The Kier molecular flexibility index (Phi) is 3.68. The molecule has 21 heavy (non-hydrogen) atoms. The molecule has 3 aromatic rings. The summed E-state index contributed by atoms with van der Waals surface area (Å²) in [6, 6.07) is 10.6. The number of nitrogen functional groups attached to an aromatic ring is 1. The highest BCUT2D eigenvalue weighted by molar-refractivity contribution is 9.10. The van der Waals surface area contributed by atoms with E-state index in [9.17, 15) is 4.39 Å². The molecule has 0 aliphatic rings. The lowest BCUT2D eigenvalue weighted by molar-refractivity contribution is 0.626. The van der Waals surface area contributed by atoms with E-state index in [2.05, 4.69) is 27.8 Å². The van der Waals surface area contributed by atoms with E-state index >= 15 is 0 Å². The molecule has 2 aromatic carbocycles. The van der Waals surface area contributed by atoms with Crippen LogP contribution in [0, 0.1) is 5.82 Å². The second-order valence-corrected chi connectivity index (χ2v) is 5.84. The third-order valence-corrected chi connectivity index (χ3v) is 3.92. The number of nitrogens with zero attached hydrogens (tertiary/aromatic N) is 2. The molecule has 0 bridgehead atoms. The van der Waals surface area contributed by atoms with Crippen LogP contribution in [-0.4, -0.2) is 9.55 Å².